The molecule has 0 amide bonds. The van der Waals surface area contributed by atoms with E-state index >= 15 is 0 Å². The largest absolute Gasteiger partial charge is 0.275 e. The molecular weight excluding hydrogens is 188 g/mol. The van der Waals surface area contributed by atoms with Crippen molar-refractivity contribution in [2.24, 2.45) is 18.8 Å². The number of aryl methyl sites for hydroxylation is 2. The Morgan fingerprint density at radius 3 is 2.67 bits per heavy atom. The Hall–Kier alpha value is -0.870. The summed E-state index contributed by atoms with van der Waals surface area (Å²) < 4.78 is 1.84. The molecule has 0 bridgehead atoms. The lowest BCUT2D eigenvalue weighted by atomic mass is 9.95. The molecule has 0 aliphatic carbocycles. The van der Waals surface area contributed by atoms with Gasteiger partial charge in [0.15, 0.2) is 0 Å². The Balaban J connectivity index is 2.78. The number of hydrogen-bond donors (Lipinski definition) is 2. The zero-order valence-corrected chi connectivity index (χ0v) is 10.1. The maximum atomic E-state index is 5.60. The average Bonchev–Trinajstić information content (AvgIpc) is 2.54. The molecule has 1 aromatic rings. The van der Waals surface area contributed by atoms with Gasteiger partial charge in [0.1, 0.15) is 0 Å². The van der Waals surface area contributed by atoms with Crippen molar-refractivity contribution in [3.8, 4) is 0 Å². The lowest BCUT2D eigenvalue weighted by molar-refractivity contribution is 0.406. The number of hydrogen-bond acceptors (Lipinski definition) is 3. The molecule has 1 heterocycles. The van der Waals surface area contributed by atoms with Crippen LogP contribution in [0.4, 0.5) is 0 Å². The van der Waals surface area contributed by atoms with Gasteiger partial charge in [0, 0.05) is 24.8 Å². The van der Waals surface area contributed by atoms with E-state index in [9.17, 15) is 0 Å². The van der Waals surface area contributed by atoms with E-state index < -0.39 is 0 Å². The van der Waals surface area contributed by atoms with Crippen LogP contribution in [0.25, 0.3) is 0 Å². The van der Waals surface area contributed by atoms with E-state index in [1.165, 1.54) is 12.0 Å². The molecule has 0 aliphatic heterocycles. The van der Waals surface area contributed by atoms with E-state index in [0.29, 0.717) is 5.92 Å². The van der Waals surface area contributed by atoms with Gasteiger partial charge in [0.25, 0.3) is 0 Å². The number of nitrogens with two attached hydrogens (primary N) is 1. The Morgan fingerprint density at radius 1 is 1.60 bits per heavy atom. The SMILES string of the molecule is CCC(C)CC(NN)c1cn(C)nc1C. The fourth-order valence-corrected chi connectivity index (χ4v) is 1.81. The molecule has 4 nitrogen and oxygen atoms in total. The first-order chi connectivity index (χ1) is 7.08. The third kappa shape index (κ3) is 3.04. The fraction of sp³-hybridized carbons (Fsp3) is 0.727. The van der Waals surface area contributed by atoms with Gasteiger partial charge >= 0.3 is 0 Å². The maximum Gasteiger partial charge on any atom is 0.0641 e. The first-order valence-corrected chi connectivity index (χ1v) is 5.54. The van der Waals surface area contributed by atoms with Crippen molar-refractivity contribution in [2.45, 2.75) is 39.7 Å². The van der Waals surface area contributed by atoms with Crippen LogP contribution in [0.1, 0.15) is 44.0 Å². The van der Waals surface area contributed by atoms with Crippen LogP contribution in [0.2, 0.25) is 0 Å². The zero-order chi connectivity index (χ0) is 11.4. The minimum Gasteiger partial charge on any atom is -0.275 e. The minimum absolute atomic E-state index is 0.216. The molecule has 2 unspecified atom stereocenters. The fourth-order valence-electron chi connectivity index (χ4n) is 1.81. The molecule has 86 valence electrons. The quantitative estimate of drug-likeness (QED) is 0.574. The van der Waals surface area contributed by atoms with Gasteiger partial charge in [-0.1, -0.05) is 20.3 Å². The average molecular weight is 210 g/mol. The van der Waals surface area contributed by atoms with Crippen LogP contribution < -0.4 is 11.3 Å². The third-order valence-electron chi connectivity index (χ3n) is 2.96. The first-order valence-electron chi connectivity index (χ1n) is 5.54. The van der Waals surface area contributed by atoms with Crippen LogP contribution in [0.5, 0.6) is 0 Å². The molecule has 0 aromatic carbocycles. The molecule has 4 heteroatoms. The van der Waals surface area contributed by atoms with Gasteiger partial charge < -0.3 is 0 Å². The first kappa shape index (κ1) is 12.2. The second-order valence-electron chi connectivity index (χ2n) is 4.31. The van der Waals surface area contributed by atoms with E-state index in [-0.39, 0.29) is 6.04 Å². The lowest BCUT2D eigenvalue weighted by Crippen LogP contribution is -2.29. The summed E-state index contributed by atoms with van der Waals surface area (Å²) >= 11 is 0. The van der Waals surface area contributed by atoms with E-state index in [2.05, 4.69) is 24.4 Å². The van der Waals surface area contributed by atoms with Crippen molar-refractivity contribution in [2.75, 3.05) is 0 Å². The highest BCUT2D eigenvalue weighted by Gasteiger charge is 2.17. The molecule has 3 N–H and O–H groups in total. The Labute approximate surface area is 91.8 Å². The summed E-state index contributed by atoms with van der Waals surface area (Å²) in [5.41, 5.74) is 5.15. The van der Waals surface area contributed by atoms with Crippen LogP contribution in [-0.4, -0.2) is 9.78 Å². The molecule has 0 spiro atoms. The Morgan fingerprint density at radius 2 is 2.27 bits per heavy atom. The molecule has 1 aromatic heterocycles. The van der Waals surface area contributed by atoms with Crippen LogP contribution in [0.3, 0.4) is 0 Å². The van der Waals surface area contributed by atoms with Gasteiger partial charge in [0.2, 0.25) is 0 Å². The normalized spacial score (nSPS) is 15.3. The lowest BCUT2D eigenvalue weighted by Gasteiger charge is -2.18. The van der Waals surface area contributed by atoms with Crippen LogP contribution in [0, 0.1) is 12.8 Å². The molecule has 0 saturated heterocycles. The van der Waals surface area contributed by atoms with Gasteiger partial charge in [-0.05, 0) is 19.3 Å². The predicted molar refractivity (Wildman–Crippen MR) is 62.1 cm³/mol. The van der Waals surface area contributed by atoms with Gasteiger partial charge in [-0.25, -0.2) is 0 Å². The Bertz CT molecular complexity index is 306. The summed E-state index contributed by atoms with van der Waals surface area (Å²) in [6, 6.07) is 0.216. The molecule has 15 heavy (non-hydrogen) atoms. The number of rotatable bonds is 5. The van der Waals surface area contributed by atoms with Crippen LogP contribution in [-0.2, 0) is 7.05 Å². The van der Waals surface area contributed by atoms with E-state index in [1.807, 2.05) is 24.9 Å². The highest BCUT2D eigenvalue weighted by molar-refractivity contribution is 5.19. The number of hydrazine groups is 1. The summed E-state index contributed by atoms with van der Waals surface area (Å²) in [5, 5.41) is 4.33. The molecule has 0 fully saturated rings. The molecule has 0 saturated carbocycles. The monoisotopic (exact) mass is 210 g/mol. The summed E-state index contributed by atoms with van der Waals surface area (Å²) in [7, 11) is 1.94. The predicted octanol–water partition coefficient (Wildman–Crippen LogP) is 1.67. The van der Waals surface area contributed by atoms with E-state index in [0.717, 1.165) is 12.1 Å². The minimum atomic E-state index is 0.216. The number of aromatic nitrogens is 2. The number of nitrogens with one attached hydrogen (secondary N) is 1. The third-order valence-corrected chi connectivity index (χ3v) is 2.96. The van der Waals surface area contributed by atoms with Gasteiger partial charge in [-0.3, -0.25) is 16.0 Å². The van der Waals surface area contributed by atoms with Crippen molar-refractivity contribution in [1.82, 2.24) is 15.2 Å². The highest BCUT2D eigenvalue weighted by atomic mass is 15.3. The van der Waals surface area contributed by atoms with Crippen molar-refractivity contribution in [1.29, 1.82) is 0 Å². The summed E-state index contributed by atoms with van der Waals surface area (Å²) in [5.74, 6) is 6.27. The zero-order valence-electron chi connectivity index (χ0n) is 10.1. The van der Waals surface area contributed by atoms with Crippen LogP contribution >= 0.6 is 0 Å². The van der Waals surface area contributed by atoms with Crippen LogP contribution in [0.15, 0.2) is 6.20 Å². The number of nitrogens with zero attached hydrogens (tertiary/aromatic N) is 2. The molecular formula is C11H22N4. The highest BCUT2D eigenvalue weighted by Crippen LogP contribution is 2.23. The Kier molecular flexibility index (Phi) is 4.29. The maximum absolute atomic E-state index is 5.60. The summed E-state index contributed by atoms with van der Waals surface area (Å²) in [6.07, 6.45) is 4.28. The van der Waals surface area contributed by atoms with Gasteiger partial charge in [-0.2, -0.15) is 5.10 Å². The van der Waals surface area contributed by atoms with E-state index in [4.69, 9.17) is 5.84 Å². The molecule has 2 atom stereocenters. The van der Waals surface area contributed by atoms with Gasteiger partial charge in [-0.15, -0.1) is 0 Å². The van der Waals surface area contributed by atoms with Crippen molar-refractivity contribution < 1.29 is 0 Å². The summed E-state index contributed by atoms with van der Waals surface area (Å²) in [4.78, 5) is 0. The molecule has 1 rings (SSSR count). The van der Waals surface area contributed by atoms with Crippen molar-refractivity contribution in [3.63, 3.8) is 0 Å². The second-order valence-corrected chi connectivity index (χ2v) is 4.31. The topological polar surface area (TPSA) is 55.9 Å². The second kappa shape index (κ2) is 5.28. The van der Waals surface area contributed by atoms with Gasteiger partial charge in [0.05, 0.1) is 5.69 Å². The summed E-state index contributed by atoms with van der Waals surface area (Å²) in [6.45, 7) is 6.47. The van der Waals surface area contributed by atoms with E-state index in [1.54, 1.807) is 0 Å². The van der Waals surface area contributed by atoms with Crippen molar-refractivity contribution >= 4 is 0 Å². The van der Waals surface area contributed by atoms with Crippen molar-refractivity contribution in [3.05, 3.63) is 17.5 Å². The molecule has 0 aliphatic rings. The molecule has 0 radical (unpaired) electrons. The standard InChI is InChI=1S/C11H22N4/c1-5-8(2)6-11(13-12)10-7-15(4)14-9(10)3/h7-8,11,13H,5-6,12H2,1-4H3. The smallest absolute Gasteiger partial charge is 0.0641 e.